The number of nitrogens with one attached hydrogen (secondary N) is 2. The number of halogens is 2. The van der Waals surface area contributed by atoms with Crippen LogP contribution in [-0.4, -0.2) is 11.8 Å². The minimum atomic E-state index is -0.386. The molecule has 0 radical (unpaired) electrons. The van der Waals surface area contributed by atoms with E-state index in [1.54, 1.807) is 48.5 Å². The molecular formula is C20H14Cl2N2O2. The molecule has 4 nitrogen and oxygen atoms in total. The maximum absolute atomic E-state index is 12.6. The lowest BCUT2D eigenvalue weighted by atomic mass is 10.1. The molecule has 3 aromatic carbocycles. The summed E-state index contributed by atoms with van der Waals surface area (Å²) in [6.07, 6.45) is 0. The van der Waals surface area contributed by atoms with Gasteiger partial charge in [-0.15, -0.1) is 0 Å². The summed E-state index contributed by atoms with van der Waals surface area (Å²) in [4.78, 5) is 25.0. The molecule has 0 aliphatic rings. The van der Waals surface area contributed by atoms with Crippen LogP contribution in [0.4, 0.5) is 11.4 Å². The molecule has 0 atom stereocenters. The summed E-state index contributed by atoms with van der Waals surface area (Å²) >= 11 is 11.8. The summed E-state index contributed by atoms with van der Waals surface area (Å²) in [5.41, 5.74) is 1.77. The minimum absolute atomic E-state index is 0.287. The van der Waals surface area contributed by atoms with Crippen LogP contribution in [0.15, 0.2) is 72.8 Å². The molecule has 0 aromatic heterocycles. The van der Waals surface area contributed by atoms with Crippen molar-refractivity contribution in [2.75, 3.05) is 10.6 Å². The Morgan fingerprint density at radius 3 is 2.12 bits per heavy atom. The Bertz CT molecular complexity index is 959. The van der Waals surface area contributed by atoms with Crippen molar-refractivity contribution in [3.05, 3.63) is 94.0 Å². The number of carbonyl (C=O) groups is 2. The van der Waals surface area contributed by atoms with Gasteiger partial charge < -0.3 is 10.6 Å². The SMILES string of the molecule is O=C(Nc1ccccc1C(=O)Nc1ccccc1)c1ccc(Cl)c(Cl)c1. The number of rotatable bonds is 4. The Hall–Kier alpha value is -2.82. The fourth-order valence-corrected chi connectivity index (χ4v) is 2.64. The predicted molar refractivity (Wildman–Crippen MR) is 105 cm³/mol. The topological polar surface area (TPSA) is 58.2 Å². The van der Waals surface area contributed by atoms with Crippen LogP contribution in [0.1, 0.15) is 20.7 Å². The smallest absolute Gasteiger partial charge is 0.257 e. The van der Waals surface area contributed by atoms with Crippen LogP contribution in [0.2, 0.25) is 10.0 Å². The van der Waals surface area contributed by atoms with Crippen LogP contribution in [0.25, 0.3) is 0 Å². The lowest BCUT2D eigenvalue weighted by molar-refractivity contribution is 0.102. The third-order valence-corrected chi connectivity index (χ3v) is 4.37. The number of carbonyl (C=O) groups excluding carboxylic acids is 2. The normalized spacial score (nSPS) is 10.2. The highest BCUT2D eigenvalue weighted by molar-refractivity contribution is 6.42. The van der Waals surface area contributed by atoms with E-state index in [9.17, 15) is 9.59 Å². The van der Waals surface area contributed by atoms with Crippen LogP contribution in [0.5, 0.6) is 0 Å². The number of amides is 2. The van der Waals surface area contributed by atoms with Gasteiger partial charge in [0.2, 0.25) is 0 Å². The first-order valence-electron chi connectivity index (χ1n) is 7.76. The molecule has 2 amide bonds. The van der Waals surface area contributed by atoms with E-state index in [0.717, 1.165) is 0 Å². The van der Waals surface area contributed by atoms with Crippen LogP contribution in [-0.2, 0) is 0 Å². The maximum Gasteiger partial charge on any atom is 0.257 e. The van der Waals surface area contributed by atoms with Gasteiger partial charge in [-0.2, -0.15) is 0 Å². The first-order chi connectivity index (χ1) is 12.5. The third kappa shape index (κ3) is 4.23. The van der Waals surface area contributed by atoms with Crippen molar-refractivity contribution in [1.82, 2.24) is 0 Å². The van der Waals surface area contributed by atoms with E-state index in [1.807, 2.05) is 18.2 Å². The average Bonchev–Trinajstić information content (AvgIpc) is 2.65. The highest BCUT2D eigenvalue weighted by Gasteiger charge is 2.15. The molecule has 2 N–H and O–H groups in total. The summed E-state index contributed by atoms with van der Waals surface area (Å²) in [6, 6.07) is 20.5. The van der Waals surface area contributed by atoms with E-state index in [-0.39, 0.29) is 16.8 Å². The van der Waals surface area contributed by atoms with Crippen LogP contribution >= 0.6 is 23.2 Å². The number of hydrogen-bond acceptors (Lipinski definition) is 2. The van der Waals surface area contributed by atoms with Gasteiger partial charge in [0.05, 0.1) is 21.3 Å². The monoisotopic (exact) mass is 384 g/mol. The minimum Gasteiger partial charge on any atom is -0.322 e. The first kappa shape index (κ1) is 18.0. The second kappa shape index (κ2) is 8.04. The molecule has 0 fully saturated rings. The van der Waals surface area contributed by atoms with Crippen molar-refractivity contribution in [2.24, 2.45) is 0 Å². The predicted octanol–water partition coefficient (Wildman–Crippen LogP) is 5.50. The second-order valence-electron chi connectivity index (χ2n) is 5.45. The van der Waals surface area contributed by atoms with E-state index in [1.165, 1.54) is 6.07 Å². The van der Waals surface area contributed by atoms with Gasteiger partial charge in [0.15, 0.2) is 0 Å². The molecule has 0 aliphatic carbocycles. The first-order valence-corrected chi connectivity index (χ1v) is 8.52. The zero-order chi connectivity index (χ0) is 18.5. The number of para-hydroxylation sites is 2. The van der Waals surface area contributed by atoms with Gasteiger partial charge >= 0.3 is 0 Å². The summed E-state index contributed by atoms with van der Waals surface area (Å²) in [7, 11) is 0. The van der Waals surface area contributed by atoms with Crippen molar-refractivity contribution in [3.8, 4) is 0 Å². The van der Waals surface area contributed by atoms with Gasteiger partial charge in [0.1, 0.15) is 0 Å². The average molecular weight is 385 g/mol. The highest BCUT2D eigenvalue weighted by Crippen LogP contribution is 2.24. The van der Waals surface area contributed by atoms with Gasteiger partial charge in [-0.3, -0.25) is 9.59 Å². The molecule has 0 saturated heterocycles. The van der Waals surface area contributed by atoms with E-state index in [2.05, 4.69) is 10.6 Å². The van der Waals surface area contributed by atoms with Crippen LogP contribution in [0, 0.1) is 0 Å². The van der Waals surface area contributed by atoms with Gasteiger partial charge in [-0.1, -0.05) is 53.5 Å². The molecule has 26 heavy (non-hydrogen) atoms. The summed E-state index contributed by atoms with van der Waals surface area (Å²) in [5.74, 6) is -0.704. The Labute approximate surface area is 160 Å². The summed E-state index contributed by atoms with van der Waals surface area (Å²) in [5, 5.41) is 6.19. The van der Waals surface area contributed by atoms with Crippen LogP contribution < -0.4 is 10.6 Å². The third-order valence-electron chi connectivity index (χ3n) is 3.63. The van der Waals surface area contributed by atoms with Gasteiger partial charge in [0, 0.05) is 11.3 Å². The molecule has 3 aromatic rings. The van der Waals surface area contributed by atoms with Gasteiger partial charge in [-0.25, -0.2) is 0 Å². The molecule has 0 heterocycles. The van der Waals surface area contributed by atoms with E-state index < -0.39 is 0 Å². The van der Waals surface area contributed by atoms with Crippen molar-refractivity contribution in [3.63, 3.8) is 0 Å². The van der Waals surface area contributed by atoms with Crippen molar-refractivity contribution in [1.29, 1.82) is 0 Å². The number of hydrogen-bond donors (Lipinski definition) is 2. The second-order valence-corrected chi connectivity index (χ2v) is 6.26. The highest BCUT2D eigenvalue weighted by atomic mass is 35.5. The quantitative estimate of drug-likeness (QED) is 0.623. The van der Waals surface area contributed by atoms with E-state index >= 15 is 0 Å². The van der Waals surface area contributed by atoms with Gasteiger partial charge in [0.25, 0.3) is 11.8 Å². The maximum atomic E-state index is 12.6. The Kier molecular flexibility index (Phi) is 5.56. The zero-order valence-electron chi connectivity index (χ0n) is 13.5. The Morgan fingerprint density at radius 1 is 0.692 bits per heavy atom. The zero-order valence-corrected chi connectivity index (χ0v) is 15.0. The standard InChI is InChI=1S/C20H14Cl2N2O2/c21-16-11-10-13(12-17(16)22)19(25)24-18-9-5-4-8-15(18)20(26)23-14-6-2-1-3-7-14/h1-12H,(H,23,26)(H,24,25). The van der Waals surface area contributed by atoms with Gasteiger partial charge in [-0.05, 0) is 42.5 Å². The molecule has 0 spiro atoms. The Balaban J connectivity index is 1.81. The molecule has 0 bridgehead atoms. The van der Waals surface area contributed by atoms with Crippen molar-refractivity contribution < 1.29 is 9.59 Å². The number of anilines is 2. The Morgan fingerprint density at radius 2 is 1.38 bits per heavy atom. The number of benzene rings is 3. The van der Waals surface area contributed by atoms with E-state index in [0.29, 0.717) is 27.5 Å². The van der Waals surface area contributed by atoms with E-state index in [4.69, 9.17) is 23.2 Å². The summed E-state index contributed by atoms with van der Waals surface area (Å²) < 4.78 is 0. The lowest BCUT2D eigenvalue weighted by Crippen LogP contribution is -2.18. The molecular weight excluding hydrogens is 371 g/mol. The fourth-order valence-electron chi connectivity index (χ4n) is 2.34. The molecule has 6 heteroatoms. The molecule has 0 saturated carbocycles. The lowest BCUT2D eigenvalue weighted by Gasteiger charge is -2.12. The molecule has 0 unspecified atom stereocenters. The van der Waals surface area contributed by atoms with Crippen molar-refractivity contribution in [2.45, 2.75) is 0 Å². The molecule has 3 rings (SSSR count). The van der Waals surface area contributed by atoms with Crippen molar-refractivity contribution >= 4 is 46.4 Å². The molecule has 0 aliphatic heterocycles. The summed E-state index contributed by atoms with van der Waals surface area (Å²) in [6.45, 7) is 0. The van der Waals surface area contributed by atoms with Crippen LogP contribution in [0.3, 0.4) is 0 Å². The fraction of sp³-hybridized carbons (Fsp3) is 0. The molecule has 130 valence electrons. The largest absolute Gasteiger partial charge is 0.322 e.